The lowest BCUT2D eigenvalue weighted by Crippen LogP contribution is -2.39. The highest BCUT2D eigenvalue weighted by Gasteiger charge is 2.19. The molecular formula is C18H27NO2. The van der Waals surface area contributed by atoms with Crippen LogP contribution in [-0.2, 0) is 4.79 Å². The second-order valence-corrected chi connectivity index (χ2v) is 6.12. The molecule has 0 saturated heterocycles. The zero-order chi connectivity index (χ0) is 15.9. The molecule has 0 aliphatic rings. The van der Waals surface area contributed by atoms with Crippen molar-refractivity contribution in [3.63, 3.8) is 0 Å². The maximum atomic E-state index is 11.7. The van der Waals surface area contributed by atoms with Crippen molar-refractivity contribution >= 4 is 12.0 Å². The Bertz CT molecular complexity index is 472. The predicted molar refractivity (Wildman–Crippen MR) is 88.1 cm³/mol. The van der Waals surface area contributed by atoms with Gasteiger partial charge in [0.1, 0.15) is 0 Å². The average Bonchev–Trinajstić information content (AvgIpc) is 2.43. The molecule has 0 saturated carbocycles. The number of carbonyl (C=O) groups excluding carboxylic acids is 1. The molecular weight excluding hydrogens is 262 g/mol. The number of amides is 1. The van der Waals surface area contributed by atoms with Gasteiger partial charge in [0.05, 0.1) is 5.60 Å². The van der Waals surface area contributed by atoms with E-state index in [9.17, 15) is 9.90 Å². The van der Waals surface area contributed by atoms with E-state index in [0.717, 1.165) is 12.0 Å². The van der Waals surface area contributed by atoms with Crippen LogP contribution in [0.4, 0.5) is 0 Å². The fraction of sp³-hybridized carbons (Fsp3) is 0.500. The van der Waals surface area contributed by atoms with Gasteiger partial charge in [0.25, 0.3) is 0 Å². The Balaban J connectivity index is 2.50. The summed E-state index contributed by atoms with van der Waals surface area (Å²) in [5, 5.41) is 12.7. The summed E-state index contributed by atoms with van der Waals surface area (Å²) < 4.78 is 0. The highest BCUT2D eigenvalue weighted by atomic mass is 16.3. The highest BCUT2D eigenvalue weighted by molar-refractivity contribution is 5.91. The van der Waals surface area contributed by atoms with Crippen molar-refractivity contribution in [2.45, 2.75) is 52.1 Å². The standard InChI is InChI=1S/C18H27NO2/c1-5-12-18(4,21)13-19-17(20)11-8-15-6-9-16(10-7-15)14(2)3/h6-11,14,21H,5,12-13H2,1-4H3,(H,19,20)/b11-8+. The van der Waals surface area contributed by atoms with Crippen LogP contribution in [0.3, 0.4) is 0 Å². The van der Waals surface area contributed by atoms with E-state index in [0.29, 0.717) is 12.3 Å². The molecule has 1 amide bonds. The number of hydrogen-bond donors (Lipinski definition) is 2. The minimum atomic E-state index is -0.836. The topological polar surface area (TPSA) is 49.3 Å². The smallest absolute Gasteiger partial charge is 0.244 e. The summed E-state index contributed by atoms with van der Waals surface area (Å²) in [5.74, 6) is 0.325. The van der Waals surface area contributed by atoms with Crippen LogP contribution in [0.25, 0.3) is 6.08 Å². The molecule has 0 aliphatic carbocycles. The summed E-state index contributed by atoms with van der Waals surface area (Å²) in [6, 6.07) is 8.17. The van der Waals surface area contributed by atoms with Gasteiger partial charge in [-0.25, -0.2) is 0 Å². The van der Waals surface area contributed by atoms with Crippen LogP contribution in [0, 0.1) is 0 Å². The summed E-state index contributed by atoms with van der Waals surface area (Å²) in [7, 11) is 0. The van der Waals surface area contributed by atoms with Crippen LogP contribution in [0.15, 0.2) is 30.3 Å². The summed E-state index contributed by atoms with van der Waals surface area (Å²) >= 11 is 0. The Labute approximate surface area is 128 Å². The molecule has 1 aromatic rings. The van der Waals surface area contributed by atoms with E-state index in [1.54, 1.807) is 13.0 Å². The summed E-state index contributed by atoms with van der Waals surface area (Å²) in [4.78, 5) is 11.7. The minimum Gasteiger partial charge on any atom is -0.388 e. The Hall–Kier alpha value is -1.61. The van der Waals surface area contributed by atoms with Crippen LogP contribution in [0.2, 0.25) is 0 Å². The number of rotatable bonds is 7. The summed E-state index contributed by atoms with van der Waals surface area (Å²) in [6.07, 6.45) is 4.86. The maximum absolute atomic E-state index is 11.7. The van der Waals surface area contributed by atoms with Crippen LogP contribution in [0.5, 0.6) is 0 Å². The van der Waals surface area contributed by atoms with E-state index in [4.69, 9.17) is 0 Å². The molecule has 0 heterocycles. The first-order valence-corrected chi connectivity index (χ1v) is 7.62. The molecule has 0 radical (unpaired) electrons. The molecule has 3 heteroatoms. The van der Waals surface area contributed by atoms with Crippen molar-refractivity contribution < 1.29 is 9.90 Å². The first kappa shape index (κ1) is 17.4. The molecule has 2 N–H and O–H groups in total. The molecule has 1 unspecified atom stereocenters. The summed E-state index contributed by atoms with van der Waals surface area (Å²) in [6.45, 7) is 8.33. The van der Waals surface area contributed by atoms with E-state index in [-0.39, 0.29) is 12.5 Å². The molecule has 1 aromatic carbocycles. The molecule has 116 valence electrons. The van der Waals surface area contributed by atoms with Crippen molar-refractivity contribution in [2.75, 3.05) is 6.54 Å². The lowest BCUT2D eigenvalue weighted by Gasteiger charge is -2.22. The number of nitrogens with one attached hydrogen (secondary N) is 1. The maximum Gasteiger partial charge on any atom is 0.244 e. The molecule has 0 aliphatic heterocycles. The molecule has 1 rings (SSSR count). The lowest BCUT2D eigenvalue weighted by atomic mass is 10.0. The predicted octanol–water partition coefficient (Wildman–Crippen LogP) is 3.49. The normalized spacial score (nSPS) is 14.4. The molecule has 0 bridgehead atoms. The lowest BCUT2D eigenvalue weighted by molar-refractivity contribution is -0.117. The molecule has 0 aromatic heterocycles. The van der Waals surface area contributed by atoms with Crippen LogP contribution in [0.1, 0.15) is 57.6 Å². The quantitative estimate of drug-likeness (QED) is 0.755. The van der Waals surface area contributed by atoms with E-state index in [1.165, 1.54) is 11.6 Å². The van der Waals surface area contributed by atoms with Gasteiger partial charge in [-0.2, -0.15) is 0 Å². The van der Waals surface area contributed by atoms with Gasteiger partial charge in [-0.3, -0.25) is 4.79 Å². The summed E-state index contributed by atoms with van der Waals surface area (Å²) in [5.41, 5.74) is 1.44. The second-order valence-electron chi connectivity index (χ2n) is 6.12. The number of aliphatic hydroxyl groups is 1. The molecule has 0 fully saturated rings. The number of carbonyl (C=O) groups is 1. The Morgan fingerprint density at radius 1 is 1.33 bits per heavy atom. The molecule has 1 atom stereocenters. The van der Waals surface area contributed by atoms with Gasteiger partial charge in [0.2, 0.25) is 5.91 Å². The first-order valence-electron chi connectivity index (χ1n) is 7.62. The van der Waals surface area contributed by atoms with Crippen molar-refractivity contribution in [3.05, 3.63) is 41.5 Å². The molecule has 3 nitrogen and oxygen atoms in total. The van der Waals surface area contributed by atoms with E-state index >= 15 is 0 Å². The van der Waals surface area contributed by atoms with E-state index in [1.807, 2.05) is 19.1 Å². The fourth-order valence-electron chi connectivity index (χ4n) is 2.13. The number of hydrogen-bond acceptors (Lipinski definition) is 2. The first-order chi connectivity index (χ1) is 9.84. The zero-order valence-corrected chi connectivity index (χ0v) is 13.5. The van der Waals surface area contributed by atoms with E-state index in [2.05, 4.69) is 31.3 Å². The van der Waals surface area contributed by atoms with Gasteiger partial charge < -0.3 is 10.4 Å². The molecule has 21 heavy (non-hydrogen) atoms. The van der Waals surface area contributed by atoms with E-state index < -0.39 is 5.60 Å². The van der Waals surface area contributed by atoms with Crippen molar-refractivity contribution in [3.8, 4) is 0 Å². The fourth-order valence-corrected chi connectivity index (χ4v) is 2.13. The van der Waals surface area contributed by atoms with Crippen LogP contribution < -0.4 is 5.32 Å². The monoisotopic (exact) mass is 289 g/mol. The van der Waals surface area contributed by atoms with Gasteiger partial charge >= 0.3 is 0 Å². The Kier molecular flexibility index (Phi) is 6.63. The second kappa shape index (κ2) is 7.99. The van der Waals surface area contributed by atoms with Gasteiger partial charge in [0.15, 0.2) is 0 Å². The van der Waals surface area contributed by atoms with Gasteiger partial charge in [0, 0.05) is 12.6 Å². The van der Waals surface area contributed by atoms with Gasteiger partial charge in [-0.05, 0) is 36.5 Å². The van der Waals surface area contributed by atoms with Crippen molar-refractivity contribution in [1.29, 1.82) is 0 Å². The Morgan fingerprint density at radius 3 is 2.48 bits per heavy atom. The highest BCUT2D eigenvalue weighted by Crippen LogP contribution is 2.15. The minimum absolute atomic E-state index is 0.181. The van der Waals surface area contributed by atoms with Gasteiger partial charge in [-0.1, -0.05) is 51.5 Å². The van der Waals surface area contributed by atoms with Crippen LogP contribution >= 0.6 is 0 Å². The van der Waals surface area contributed by atoms with Crippen molar-refractivity contribution in [1.82, 2.24) is 5.32 Å². The largest absolute Gasteiger partial charge is 0.388 e. The van der Waals surface area contributed by atoms with Gasteiger partial charge in [-0.15, -0.1) is 0 Å². The third-order valence-electron chi connectivity index (χ3n) is 3.46. The number of benzene rings is 1. The zero-order valence-electron chi connectivity index (χ0n) is 13.5. The average molecular weight is 289 g/mol. The third kappa shape index (κ3) is 6.58. The molecule has 0 spiro atoms. The van der Waals surface area contributed by atoms with Crippen LogP contribution in [-0.4, -0.2) is 23.2 Å². The Morgan fingerprint density at radius 2 is 1.95 bits per heavy atom. The van der Waals surface area contributed by atoms with Crippen molar-refractivity contribution in [2.24, 2.45) is 0 Å². The third-order valence-corrected chi connectivity index (χ3v) is 3.46. The SMILES string of the molecule is CCCC(C)(O)CNC(=O)/C=C/c1ccc(C(C)C)cc1.